The molecule has 2 saturated heterocycles. The molecule has 2 heterocycles. The summed E-state index contributed by atoms with van der Waals surface area (Å²) in [5.74, 6) is 0. The Morgan fingerprint density at radius 2 is 1.82 bits per heavy atom. The lowest BCUT2D eigenvalue weighted by Gasteiger charge is -2.41. The lowest BCUT2D eigenvalue weighted by atomic mass is 10.1. The van der Waals surface area contributed by atoms with Crippen LogP contribution in [0.4, 0.5) is 0 Å². The van der Waals surface area contributed by atoms with Crippen molar-refractivity contribution < 1.29 is 0 Å². The molecule has 0 atom stereocenters. The van der Waals surface area contributed by atoms with Gasteiger partial charge in [-0.3, -0.25) is 4.90 Å². The number of hydrogen-bond donors (Lipinski definition) is 1. The van der Waals surface area contributed by atoms with Crippen LogP contribution in [0.3, 0.4) is 0 Å². The van der Waals surface area contributed by atoms with E-state index in [1.165, 1.54) is 39.0 Å². The van der Waals surface area contributed by atoms with Gasteiger partial charge in [-0.05, 0) is 25.9 Å². The van der Waals surface area contributed by atoms with Crippen molar-refractivity contribution in [1.82, 2.24) is 10.2 Å². The highest BCUT2D eigenvalue weighted by Crippen LogP contribution is 2.19. The summed E-state index contributed by atoms with van der Waals surface area (Å²) in [4.78, 5) is 3.40. The first-order valence-corrected chi connectivity index (χ1v) is 5.36. The summed E-state index contributed by atoms with van der Waals surface area (Å²) < 4.78 is 0. The van der Waals surface area contributed by atoms with E-state index >= 15 is 0 Å². The molecule has 0 unspecified atom stereocenters. The van der Waals surface area contributed by atoms with Crippen LogP contribution in [0.5, 0.6) is 0 Å². The molecular weight excluding hydrogens is 204 g/mol. The topological polar surface area (TPSA) is 15.3 Å². The molecule has 0 saturated carbocycles. The quantitative estimate of drug-likeness (QED) is 0.657. The molecule has 3 heteroatoms. The molecule has 0 aliphatic carbocycles. The van der Waals surface area contributed by atoms with Crippen molar-refractivity contribution in [2.45, 2.75) is 23.7 Å². The first-order valence-electron chi connectivity index (χ1n) is 4.45. The summed E-state index contributed by atoms with van der Waals surface area (Å²) in [5, 5.41) is 3.32. The van der Waals surface area contributed by atoms with Crippen molar-refractivity contribution >= 4 is 15.9 Å². The number of piperidine rings is 1. The molecule has 11 heavy (non-hydrogen) atoms. The van der Waals surface area contributed by atoms with Crippen molar-refractivity contribution in [1.29, 1.82) is 0 Å². The third-order valence-electron chi connectivity index (χ3n) is 2.74. The molecule has 0 aromatic carbocycles. The van der Waals surface area contributed by atoms with Gasteiger partial charge in [0.05, 0.1) is 0 Å². The Balaban J connectivity index is 1.77. The van der Waals surface area contributed by atoms with Crippen molar-refractivity contribution in [3.63, 3.8) is 0 Å². The maximum atomic E-state index is 3.66. The van der Waals surface area contributed by atoms with Gasteiger partial charge in [0.1, 0.15) is 0 Å². The summed E-state index contributed by atoms with van der Waals surface area (Å²) in [6, 6.07) is 0.856. The Labute approximate surface area is 76.5 Å². The average Bonchev–Trinajstić information content (AvgIpc) is 1.90. The van der Waals surface area contributed by atoms with Crippen LogP contribution >= 0.6 is 15.9 Å². The standard InChI is InChI=1S/C8H15BrN2/c9-7-1-3-11(4-2-7)8-5-10-6-8/h7-8,10H,1-6H2. The Bertz CT molecular complexity index is 128. The fourth-order valence-electron chi connectivity index (χ4n) is 1.76. The minimum absolute atomic E-state index is 0.784. The van der Waals surface area contributed by atoms with Crippen LogP contribution in [-0.2, 0) is 0 Å². The normalized spacial score (nSPS) is 30.3. The zero-order valence-electron chi connectivity index (χ0n) is 6.72. The maximum Gasteiger partial charge on any atom is 0.0345 e. The summed E-state index contributed by atoms with van der Waals surface area (Å²) in [5.41, 5.74) is 0. The summed E-state index contributed by atoms with van der Waals surface area (Å²) in [6.07, 6.45) is 2.66. The van der Waals surface area contributed by atoms with Gasteiger partial charge >= 0.3 is 0 Å². The van der Waals surface area contributed by atoms with Crippen LogP contribution in [0.2, 0.25) is 0 Å². The largest absolute Gasteiger partial charge is 0.314 e. The fourth-order valence-corrected chi connectivity index (χ4v) is 2.17. The predicted octanol–water partition coefficient (Wildman–Crippen LogP) is 0.817. The minimum Gasteiger partial charge on any atom is -0.314 e. The molecule has 2 rings (SSSR count). The van der Waals surface area contributed by atoms with Gasteiger partial charge in [0.2, 0.25) is 0 Å². The Morgan fingerprint density at radius 1 is 1.18 bits per heavy atom. The molecule has 2 nitrogen and oxygen atoms in total. The summed E-state index contributed by atoms with van der Waals surface area (Å²) in [7, 11) is 0. The molecule has 0 radical (unpaired) electrons. The number of rotatable bonds is 1. The van der Waals surface area contributed by atoms with E-state index in [0.29, 0.717) is 0 Å². The Kier molecular flexibility index (Phi) is 2.49. The zero-order chi connectivity index (χ0) is 7.68. The van der Waals surface area contributed by atoms with E-state index in [1.54, 1.807) is 0 Å². The zero-order valence-corrected chi connectivity index (χ0v) is 8.31. The second kappa shape index (κ2) is 3.42. The molecule has 0 aromatic heterocycles. The minimum atomic E-state index is 0.784. The highest BCUT2D eigenvalue weighted by molar-refractivity contribution is 9.09. The van der Waals surface area contributed by atoms with E-state index in [-0.39, 0.29) is 0 Å². The lowest BCUT2D eigenvalue weighted by molar-refractivity contribution is 0.124. The molecule has 0 spiro atoms. The molecule has 0 amide bonds. The molecule has 2 fully saturated rings. The first kappa shape index (κ1) is 8.02. The highest BCUT2D eigenvalue weighted by Gasteiger charge is 2.27. The average molecular weight is 219 g/mol. The number of nitrogens with one attached hydrogen (secondary N) is 1. The van der Waals surface area contributed by atoms with Gasteiger partial charge in [0, 0.05) is 24.0 Å². The smallest absolute Gasteiger partial charge is 0.0345 e. The van der Waals surface area contributed by atoms with Crippen LogP contribution < -0.4 is 5.32 Å². The summed E-state index contributed by atoms with van der Waals surface area (Å²) >= 11 is 3.66. The fraction of sp³-hybridized carbons (Fsp3) is 1.00. The first-order chi connectivity index (χ1) is 5.36. The van der Waals surface area contributed by atoms with Gasteiger partial charge in [-0.1, -0.05) is 15.9 Å². The monoisotopic (exact) mass is 218 g/mol. The lowest BCUT2D eigenvalue weighted by Crippen LogP contribution is -2.58. The third kappa shape index (κ3) is 1.76. The molecular formula is C8H15BrN2. The highest BCUT2D eigenvalue weighted by atomic mass is 79.9. The van der Waals surface area contributed by atoms with Gasteiger partial charge < -0.3 is 5.32 Å². The van der Waals surface area contributed by atoms with Crippen LogP contribution in [-0.4, -0.2) is 41.9 Å². The third-order valence-corrected chi connectivity index (χ3v) is 3.65. The van der Waals surface area contributed by atoms with Crippen LogP contribution in [0.1, 0.15) is 12.8 Å². The number of halogens is 1. The van der Waals surface area contributed by atoms with Crippen molar-refractivity contribution in [3.8, 4) is 0 Å². The molecule has 0 aromatic rings. The number of alkyl halides is 1. The van der Waals surface area contributed by atoms with Crippen LogP contribution in [0.25, 0.3) is 0 Å². The second-order valence-corrected chi connectivity index (χ2v) is 4.82. The van der Waals surface area contributed by atoms with Crippen molar-refractivity contribution in [3.05, 3.63) is 0 Å². The number of nitrogens with zero attached hydrogens (tertiary/aromatic N) is 1. The van der Waals surface area contributed by atoms with E-state index in [0.717, 1.165) is 10.9 Å². The van der Waals surface area contributed by atoms with Gasteiger partial charge in [0.25, 0.3) is 0 Å². The molecule has 2 aliphatic heterocycles. The maximum absolute atomic E-state index is 3.66. The van der Waals surface area contributed by atoms with Gasteiger partial charge in [-0.2, -0.15) is 0 Å². The predicted molar refractivity (Wildman–Crippen MR) is 50.2 cm³/mol. The van der Waals surface area contributed by atoms with E-state index in [4.69, 9.17) is 0 Å². The molecule has 64 valence electrons. The number of hydrogen-bond acceptors (Lipinski definition) is 2. The van der Waals surface area contributed by atoms with E-state index in [2.05, 4.69) is 26.1 Å². The molecule has 1 N–H and O–H groups in total. The Hall–Kier alpha value is 0.400. The molecule has 2 aliphatic rings. The summed E-state index contributed by atoms with van der Waals surface area (Å²) in [6.45, 7) is 5.02. The van der Waals surface area contributed by atoms with E-state index in [1.807, 2.05) is 0 Å². The van der Waals surface area contributed by atoms with Gasteiger partial charge in [-0.25, -0.2) is 0 Å². The van der Waals surface area contributed by atoms with E-state index in [9.17, 15) is 0 Å². The van der Waals surface area contributed by atoms with Crippen LogP contribution in [0.15, 0.2) is 0 Å². The van der Waals surface area contributed by atoms with Gasteiger partial charge in [-0.15, -0.1) is 0 Å². The number of likely N-dealkylation sites (tertiary alicyclic amines) is 1. The van der Waals surface area contributed by atoms with Crippen molar-refractivity contribution in [2.24, 2.45) is 0 Å². The van der Waals surface area contributed by atoms with Crippen LogP contribution in [0, 0.1) is 0 Å². The van der Waals surface area contributed by atoms with Crippen molar-refractivity contribution in [2.75, 3.05) is 26.2 Å². The van der Waals surface area contributed by atoms with Gasteiger partial charge in [0.15, 0.2) is 0 Å². The SMILES string of the molecule is BrC1CCN(C2CNC2)CC1. The Morgan fingerprint density at radius 3 is 2.27 bits per heavy atom. The second-order valence-electron chi connectivity index (χ2n) is 3.52. The van der Waals surface area contributed by atoms with E-state index < -0.39 is 0 Å². The molecule has 0 bridgehead atoms.